The zero-order chi connectivity index (χ0) is 10.2. The van der Waals surface area contributed by atoms with Crippen molar-refractivity contribution in [3.05, 3.63) is 0 Å². The van der Waals surface area contributed by atoms with Crippen molar-refractivity contribution in [2.45, 2.75) is 25.3 Å². The second-order valence-electron chi connectivity index (χ2n) is 3.91. The van der Waals surface area contributed by atoms with E-state index < -0.39 is 10.2 Å². The van der Waals surface area contributed by atoms with Gasteiger partial charge >= 0.3 is 0 Å². The van der Waals surface area contributed by atoms with Gasteiger partial charge in [-0.1, -0.05) is 6.42 Å². The van der Waals surface area contributed by atoms with Gasteiger partial charge < -0.3 is 5.73 Å². The summed E-state index contributed by atoms with van der Waals surface area (Å²) in [7, 11) is -3.16. The molecule has 0 aromatic carbocycles. The Morgan fingerprint density at radius 1 is 1.36 bits per heavy atom. The Kier molecular flexibility index (Phi) is 2.79. The molecule has 2 fully saturated rings. The Hall–Kier alpha value is -0.170. The Balaban J connectivity index is 2.18. The molecule has 2 aliphatic heterocycles. The van der Waals surface area contributed by atoms with E-state index in [0.717, 1.165) is 19.3 Å². The van der Waals surface area contributed by atoms with Crippen LogP contribution in [0.2, 0.25) is 0 Å². The van der Waals surface area contributed by atoms with Gasteiger partial charge in [-0.2, -0.15) is 17.0 Å². The van der Waals surface area contributed by atoms with E-state index in [-0.39, 0.29) is 6.04 Å². The van der Waals surface area contributed by atoms with Crippen molar-refractivity contribution in [3.63, 3.8) is 0 Å². The molecule has 2 N–H and O–H groups in total. The van der Waals surface area contributed by atoms with Crippen molar-refractivity contribution in [2.75, 3.05) is 26.2 Å². The van der Waals surface area contributed by atoms with Gasteiger partial charge in [0.15, 0.2) is 0 Å². The van der Waals surface area contributed by atoms with E-state index in [4.69, 9.17) is 5.73 Å². The average Bonchev–Trinajstić information content (AvgIpc) is 2.41. The lowest BCUT2D eigenvalue weighted by atomic mass is 10.1. The van der Waals surface area contributed by atoms with Gasteiger partial charge in [0.2, 0.25) is 0 Å². The molecule has 2 rings (SSSR count). The van der Waals surface area contributed by atoms with Crippen LogP contribution in [0.5, 0.6) is 0 Å². The summed E-state index contributed by atoms with van der Waals surface area (Å²) in [5.74, 6) is 0. The standard InChI is InChI=1S/C8H17N3O2S/c9-4-6-10-7-8-3-1-2-5-11(8)14(10,12)13/h8H,1-7,9H2/t8-/m1/s1. The van der Waals surface area contributed by atoms with E-state index >= 15 is 0 Å². The third-order valence-corrected chi connectivity index (χ3v) is 5.05. The second-order valence-corrected chi connectivity index (χ2v) is 5.80. The van der Waals surface area contributed by atoms with Gasteiger partial charge in [0, 0.05) is 32.2 Å². The molecule has 2 saturated heterocycles. The third kappa shape index (κ3) is 1.56. The van der Waals surface area contributed by atoms with Crippen LogP contribution in [0.3, 0.4) is 0 Å². The van der Waals surface area contributed by atoms with Crippen LogP contribution in [0.15, 0.2) is 0 Å². The van der Waals surface area contributed by atoms with Gasteiger partial charge in [-0.3, -0.25) is 0 Å². The summed E-state index contributed by atoms with van der Waals surface area (Å²) in [5.41, 5.74) is 5.39. The van der Waals surface area contributed by atoms with E-state index in [1.165, 1.54) is 4.31 Å². The van der Waals surface area contributed by atoms with Gasteiger partial charge in [0.1, 0.15) is 0 Å². The first-order valence-corrected chi connectivity index (χ1v) is 6.53. The van der Waals surface area contributed by atoms with E-state index in [0.29, 0.717) is 26.2 Å². The highest BCUT2D eigenvalue weighted by Gasteiger charge is 2.43. The summed E-state index contributed by atoms with van der Waals surface area (Å²) >= 11 is 0. The molecule has 0 aromatic rings. The van der Waals surface area contributed by atoms with Gasteiger partial charge in [-0.05, 0) is 12.8 Å². The first-order valence-electron chi connectivity index (χ1n) is 5.13. The molecular weight excluding hydrogens is 202 g/mol. The molecule has 6 heteroatoms. The number of nitrogens with zero attached hydrogens (tertiary/aromatic N) is 2. The molecule has 1 atom stereocenters. The highest BCUT2D eigenvalue weighted by atomic mass is 32.2. The Labute approximate surface area is 85.0 Å². The molecule has 2 aliphatic rings. The van der Waals surface area contributed by atoms with Crippen LogP contribution in [-0.4, -0.2) is 49.2 Å². The first-order chi connectivity index (χ1) is 6.66. The Morgan fingerprint density at radius 2 is 2.14 bits per heavy atom. The molecule has 2 heterocycles. The maximum Gasteiger partial charge on any atom is 0.282 e. The smallest absolute Gasteiger partial charge is 0.282 e. The maximum absolute atomic E-state index is 11.9. The van der Waals surface area contributed by atoms with Crippen molar-refractivity contribution in [1.29, 1.82) is 0 Å². The van der Waals surface area contributed by atoms with Gasteiger partial charge in [-0.15, -0.1) is 0 Å². The van der Waals surface area contributed by atoms with E-state index in [1.807, 2.05) is 0 Å². The summed E-state index contributed by atoms with van der Waals surface area (Å²) < 4.78 is 27.0. The fraction of sp³-hybridized carbons (Fsp3) is 1.00. The number of fused-ring (bicyclic) bond motifs is 1. The van der Waals surface area contributed by atoms with Crippen molar-refractivity contribution in [1.82, 2.24) is 8.61 Å². The second kappa shape index (κ2) is 3.77. The van der Waals surface area contributed by atoms with Crippen molar-refractivity contribution < 1.29 is 8.42 Å². The Bertz CT molecular complexity index is 304. The van der Waals surface area contributed by atoms with Crippen LogP contribution in [0.4, 0.5) is 0 Å². The molecule has 0 saturated carbocycles. The summed E-state index contributed by atoms with van der Waals surface area (Å²) in [5, 5.41) is 0. The van der Waals surface area contributed by atoms with Crippen LogP contribution in [-0.2, 0) is 10.2 Å². The zero-order valence-electron chi connectivity index (χ0n) is 8.22. The number of hydrogen-bond donors (Lipinski definition) is 1. The number of hydrogen-bond acceptors (Lipinski definition) is 3. The highest BCUT2D eigenvalue weighted by molar-refractivity contribution is 7.87. The molecule has 5 nitrogen and oxygen atoms in total. The van der Waals surface area contributed by atoms with Crippen molar-refractivity contribution in [2.24, 2.45) is 5.73 Å². The maximum atomic E-state index is 11.9. The van der Waals surface area contributed by atoms with Crippen LogP contribution < -0.4 is 5.73 Å². The number of nitrogens with two attached hydrogens (primary N) is 1. The predicted molar refractivity (Wildman–Crippen MR) is 53.9 cm³/mol. The predicted octanol–water partition coefficient (Wildman–Crippen LogP) is -0.640. The fourth-order valence-corrected chi connectivity index (χ4v) is 4.19. The summed E-state index contributed by atoms with van der Waals surface area (Å²) in [4.78, 5) is 0. The Morgan fingerprint density at radius 3 is 2.79 bits per heavy atom. The number of rotatable bonds is 2. The van der Waals surface area contributed by atoms with Crippen molar-refractivity contribution >= 4 is 10.2 Å². The minimum absolute atomic E-state index is 0.209. The molecule has 0 radical (unpaired) electrons. The quantitative estimate of drug-likeness (QED) is 0.672. The molecule has 0 amide bonds. The van der Waals surface area contributed by atoms with Gasteiger partial charge in [0.05, 0.1) is 0 Å². The lowest BCUT2D eigenvalue weighted by molar-refractivity contribution is 0.274. The van der Waals surface area contributed by atoms with E-state index in [1.54, 1.807) is 4.31 Å². The van der Waals surface area contributed by atoms with Crippen molar-refractivity contribution in [3.8, 4) is 0 Å². The summed E-state index contributed by atoms with van der Waals surface area (Å²) in [6, 6.07) is 0.209. The molecule has 0 aromatic heterocycles. The van der Waals surface area contributed by atoms with Crippen LogP contribution in [0.1, 0.15) is 19.3 Å². The van der Waals surface area contributed by atoms with Crippen LogP contribution in [0, 0.1) is 0 Å². The largest absolute Gasteiger partial charge is 0.329 e. The highest BCUT2D eigenvalue weighted by Crippen LogP contribution is 2.29. The van der Waals surface area contributed by atoms with E-state index in [9.17, 15) is 8.42 Å². The first kappa shape index (κ1) is 10.4. The van der Waals surface area contributed by atoms with Crippen LogP contribution >= 0.6 is 0 Å². The molecule has 14 heavy (non-hydrogen) atoms. The lowest BCUT2D eigenvalue weighted by Crippen LogP contribution is -2.39. The zero-order valence-corrected chi connectivity index (χ0v) is 9.04. The van der Waals surface area contributed by atoms with Gasteiger partial charge in [-0.25, -0.2) is 0 Å². The molecule has 0 aliphatic carbocycles. The summed E-state index contributed by atoms with van der Waals surface area (Å²) in [6.07, 6.45) is 3.14. The van der Waals surface area contributed by atoms with E-state index in [2.05, 4.69) is 0 Å². The molecule has 82 valence electrons. The summed E-state index contributed by atoms with van der Waals surface area (Å²) in [6.45, 7) is 2.18. The monoisotopic (exact) mass is 219 g/mol. The SMILES string of the molecule is NCCN1C[C@H]2CCCCN2S1(=O)=O. The molecule has 0 unspecified atom stereocenters. The fourth-order valence-electron chi connectivity index (χ4n) is 2.29. The minimum Gasteiger partial charge on any atom is -0.329 e. The van der Waals surface area contributed by atoms with Gasteiger partial charge in [0.25, 0.3) is 10.2 Å². The number of piperidine rings is 1. The van der Waals surface area contributed by atoms with Crippen LogP contribution in [0.25, 0.3) is 0 Å². The normalized spacial score (nSPS) is 33.1. The molecule has 0 bridgehead atoms. The minimum atomic E-state index is -3.16. The topological polar surface area (TPSA) is 66.6 Å². The lowest BCUT2D eigenvalue weighted by Gasteiger charge is -2.26. The third-order valence-electron chi connectivity index (χ3n) is 2.99. The average molecular weight is 219 g/mol. The molecular formula is C8H17N3O2S. The molecule has 0 spiro atoms.